The Bertz CT molecular complexity index is 241. The number of carboxylic acids is 1. The molecule has 7 nitrogen and oxygen atoms in total. The minimum Gasteiger partial charge on any atom is -0.480 e. The van der Waals surface area contributed by atoms with Crippen molar-refractivity contribution in [3.63, 3.8) is 0 Å². The third-order valence-electron chi connectivity index (χ3n) is 1.32. The van der Waals surface area contributed by atoms with E-state index in [0.717, 1.165) is 0 Å². The predicted molar refractivity (Wildman–Crippen MR) is 47.1 cm³/mol. The summed E-state index contributed by atoms with van der Waals surface area (Å²) in [6.07, 6.45) is 0. The number of aliphatic carboxylic acids is 1. The first kappa shape index (κ1) is 12.4. The van der Waals surface area contributed by atoms with Crippen LogP contribution in [0.25, 0.3) is 0 Å². The van der Waals surface area contributed by atoms with Crippen LogP contribution < -0.4 is 16.2 Å². The van der Waals surface area contributed by atoms with Gasteiger partial charge in [0.05, 0.1) is 6.54 Å². The first-order chi connectivity index (χ1) is 6.43. The monoisotopic (exact) mass is 203 g/mol. The van der Waals surface area contributed by atoms with Gasteiger partial charge in [0.2, 0.25) is 5.91 Å². The van der Waals surface area contributed by atoms with Gasteiger partial charge in [0, 0.05) is 6.92 Å². The molecule has 1 atom stereocenters. The van der Waals surface area contributed by atoms with Crippen LogP contribution in [0.1, 0.15) is 13.8 Å². The zero-order valence-electron chi connectivity index (χ0n) is 7.96. The Morgan fingerprint density at radius 2 is 1.86 bits per heavy atom. The van der Waals surface area contributed by atoms with E-state index < -0.39 is 23.8 Å². The Hall–Kier alpha value is -1.63. The van der Waals surface area contributed by atoms with Crippen LogP contribution in [0.2, 0.25) is 0 Å². The Labute approximate surface area is 80.8 Å². The number of hydrogen-bond acceptors (Lipinski definition) is 4. The van der Waals surface area contributed by atoms with Gasteiger partial charge in [-0.25, -0.2) is 0 Å². The van der Waals surface area contributed by atoms with Crippen LogP contribution in [0.4, 0.5) is 0 Å². The molecular formula is C7H13N3O4. The average molecular weight is 203 g/mol. The smallest absolute Gasteiger partial charge is 0.320 e. The maximum Gasteiger partial charge on any atom is 0.320 e. The van der Waals surface area contributed by atoms with Crippen molar-refractivity contribution in [3.8, 4) is 0 Å². The third kappa shape index (κ3) is 5.95. The van der Waals surface area contributed by atoms with E-state index in [4.69, 9.17) is 5.11 Å². The highest BCUT2D eigenvalue weighted by Crippen LogP contribution is 1.78. The molecule has 7 heteroatoms. The molecule has 0 rings (SSSR count). The van der Waals surface area contributed by atoms with E-state index in [1.807, 2.05) is 0 Å². The van der Waals surface area contributed by atoms with Gasteiger partial charge in [-0.2, -0.15) is 0 Å². The summed E-state index contributed by atoms with van der Waals surface area (Å²) in [6, 6.07) is -0.807. The molecule has 0 radical (unpaired) electrons. The molecule has 0 saturated carbocycles. The summed E-state index contributed by atoms with van der Waals surface area (Å²) in [6.45, 7) is 2.48. The molecule has 0 bridgehead atoms. The number of rotatable bonds is 4. The summed E-state index contributed by atoms with van der Waals surface area (Å²) in [5.74, 6) is -1.95. The number of carboxylic acid groups (broad SMARTS) is 1. The average Bonchev–Trinajstić information content (AvgIpc) is 2.10. The molecular weight excluding hydrogens is 190 g/mol. The van der Waals surface area contributed by atoms with Crippen molar-refractivity contribution in [2.75, 3.05) is 6.54 Å². The van der Waals surface area contributed by atoms with Gasteiger partial charge >= 0.3 is 5.97 Å². The second kappa shape index (κ2) is 5.92. The summed E-state index contributed by atoms with van der Waals surface area (Å²) in [5, 5.41) is 10.9. The van der Waals surface area contributed by atoms with Crippen LogP contribution in [-0.2, 0) is 14.4 Å². The molecule has 0 aromatic heterocycles. The Morgan fingerprint density at radius 3 is 2.29 bits per heavy atom. The van der Waals surface area contributed by atoms with Crippen molar-refractivity contribution in [1.82, 2.24) is 16.2 Å². The highest BCUT2D eigenvalue weighted by atomic mass is 16.4. The van der Waals surface area contributed by atoms with Crippen LogP contribution in [0, 0.1) is 0 Å². The third-order valence-corrected chi connectivity index (χ3v) is 1.32. The maximum atomic E-state index is 10.9. The lowest BCUT2D eigenvalue weighted by atomic mass is 10.3. The van der Waals surface area contributed by atoms with E-state index in [9.17, 15) is 14.4 Å². The van der Waals surface area contributed by atoms with Gasteiger partial charge in [0.15, 0.2) is 0 Å². The zero-order chi connectivity index (χ0) is 11.1. The topological polar surface area (TPSA) is 108 Å². The minimum atomic E-state index is -1.04. The first-order valence-electron chi connectivity index (χ1n) is 3.95. The van der Waals surface area contributed by atoms with Crippen LogP contribution in [0.15, 0.2) is 0 Å². The molecule has 14 heavy (non-hydrogen) atoms. The van der Waals surface area contributed by atoms with Gasteiger partial charge in [-0.15, -0.1) is 0 Å². The molecule has 80 valence electrons. The second-order valence-electron chi connectivity index (χ2n) is 2.67. The lowest BCUT2D eigenvalue weighted by Gasteiger charge is -2.09. The van der Waals surface area contributed by atoms with Crippen LogP contribution in [0.3, 0.4) is 0 Å². The first-order valence-corrected chi connectivity index (χ1v) is 3.95. The standard InChI is InChI=1S/C7H13N3O4/c1-4(7(13)14)8-3-6(12)10-9-5(2)11/h4,8H,3H2,1-2H3,(H,9,11)(H,10,12)(H,13,14)/t4-/m0/s1. The molecule has 0 aromatic carbocycles. The number of nitrogens with one attached hydrogen (secondary N) is 3. The van der Waals surface area contributed by atoms with Crippen molar-refractivity contribution in [1.29, 1.82) is 0 Å². The number of carbonyl (C=O) groups is 3. The molecule has 0 saturated heterocycles. The quantitative estimate of drug-likeness (QED) is 0.404. The van der Waals surface area contributed by atoms with E-state index in [0.29, 0.717) is 0 Å². The summed E-state index contributed by atoms with van der Waals surface area (Å²) in [4.78, 5) is 31.6. The summed E-state index contributed by atoms with van der Waals surface area (Å²) >= 11 is 0. The van der Waals surface area contributed by atoms with E-state index in [-0.39, 0.29) is 6.54 Å². The van der Waals surface area contributed by atoms with E-state index in [1.165, 1.54) is 13.8 Å². The summed E-state index contributed by atoms with van der Waals surface area (Å²) in [5.41, 5.74) is 4.15. The Kier molecular flexibility index (Phi) is 5.23. The molecule has 0 fully saturated rings. The van der Waals surface area contributed by atoms with Crippen molar-refractivity contribution in [3.05, 3.63) is 0 Å². The number of carbonyl (C=O) groups excluding carboxylic acids is 2. The van der Waals surface area contributed by atoms with Crippen molar-refractivity contribution >= 4 is 17.8 Å². The normalized spacial score (nSPS) is 11.6. The molecule has 2 amide bonds. The van der Waals surface area contributed by atoms with Crippen molar-refractivity contribution in [2.45, 2.75) is 19.9 Å². The predicted octanol–water partition coefficient (Wildman–Crippen LogP) is -1.78. The van der Waals surface area contributed by atoms with Gasteiger partial charge in [-0.3, -0.25) is 30.6 Å². The number of hydrogen-bond donors (Lipinski definition) is 4. The Morgan fingerprint density at radius 1 is 1.29 bits per heavy atom. The van der Waals surface area contributed by atoms with E-state index in [2.05, 4.69) is 16.2 Å². The minimum absolute atomic E-state index is 0.173. The molecule has 0 aliphatic heterocycles. The van der Waals surface area contributed by atoms with Crippen molar-refractivity contribution in [2.24, 2.45) is 0 Å². The van der Waals surface area contributed by atoms with Crippen LogP contribution in [-0.4, -0.2) is 35.5 Å². The highest BCUT2D eigenvalue weighted by Gasteiger charge is 2.11. The fourth-order valence-corrected chi connectivity index (χ4v) is 0.535. The SMILES string of the molecule is CC(=O)NNC(=O)CN[C@@H](C)C(=O)O. The summed E-state index contributed by atoms with van der Waals surface area (Å²) < 4.78 is 0. The lowest BCUT2D eigenvalue weighted by Crippen LogP contribution is -2.47. The lowest BCUT2D eigenvalue weighted by molar-refractivity contribution is -0.139. The van der Waals surface area contributed by atoms with E-state index >= 15 is 0 Å². The summed E-state index contributed by atoms with van der Waals surface area (Å²) in [7, 11) is 0. The number of hydrazine groups is 1. The second-order valence-corrected chi connectivity index (χ2v) is 2.67. The van der Waals surface area contributed by atoms with Gasteiger partial charge in [0.1, 0.15) is 6.04 Å². The molecule has 0 unspecified atom stereocenters. The molecule has 0 heterocycles. The van der Waals surface area contributed by atoms with E-state index in [1.54, 1.807) is 0 Å². The van der Waals surface area contributed by atoms with Crippen LogP contribution in [0.5, 0.6) is 0 Å². The highest BCUT2D eigenvalue weighted by molar-refractivity contribution is 5.82. The maximum absolute atomic E-state index is 10.9. The van der Waals surface area contributed by atoms with Crippen molar-refractivity contribution < 1.29 is 19.5 Å². The molecule has 0 aliphatic rings. The van der Waals surface area contributed by atoms with Gasteiger partial charge in [-0.1, -0.05) is 0 Å². The van der Waals surface area contributed by atoms with Crippen LogP contribution >= 0.6 is 0 Å². The van der Waals surface area contributed by atoms with Gasteiger partial charge in [-0.05, 0) is 6.92 Å². The molecule has 0 aromatic rings. The number of amides is 2. The molecule has 4 N–H and O–H groups in total. The fraction of sp³-hybridized carbons (Fsp3) is 0.571. The molecule has 0 spiro atoms. The fourth-order valence-electron chi connectivity index (χ4n) is 0.535. The molecule has 0 aliphatic carbocycles. The largest absolute Gasteiger partial charge is 0.480 e. The Balaban J connectivity index is 3.64. The zero-order valence-corrected chi connectivity index (χ0v) is 7.96. The van der Waals surface area contributed by atoms with Gasteiger partial charge in [0.25, 0.3) is 5.91 Å². The van der Waals surface area contributed by atoms with Gasteiger partial charge < -0.3 is 5.11 Å².